The lowest BCUT2D eigenvalue weighted by Gasteiger charge is -2.30. The topological polar surface area (TPSA) is 136 Å². The second kappa shape index (κ2) is 18.3. The molecule has 3 N–H and O–H groups in total. The molecule has 3 amide bonds. The van der Waals surface area contributed by atoms with Crippen molar-refractivity contribution >= 4 is 82.9 Å². The predicted octanol–water partition coefficient (Wildman–Crippen LogP) is 7.58. The molecule has 0 bridgehead atoms. The number of ether oxygens (including phenoxy) is 1. The van der Waals surface area contributed by atoms with E-state index in [0.29, 0.717) is 12.5 Å². The number of imidazole rings is 2. The largest absolute Gasteiger partial charge is 0.453 e. The number of nitrogens with one attached hydrogen (secondary N) is 3. The standard InChI is InChI=1S/C43H51N7O4.4H2S/c1-25(2)27(5)39(51)49-23-42(15-16-42)20-34(49)37-44-22-33(47-37)30-12-9-28(10-13-30)7-8-29-11-14-31-32(19-29)46-38(45-31)35-21-43(17-18-43)24-50(35)40(52)36(26(3)4)48-41(53)54-6;;;;/h9-14,19,22,25-27,34-36H,15-18,20-21,23-24H2,1-6H3,(H,44,47)(H,45,46)(H,48,53);4*1H2/t27-,34-,35-,36-;;;;/m0..../s1. The number of aromatic amines is 2. The molecule has 314 valence electrons. The summed E-state index contributed by atoms with van der Waals surface area (Å²) in [5.41, 5.74) is 5.79. The molecule has 8 rings (SSSR count). The first-order valence-corrected chi connectivity index (χ1v) is 19.5. The molecule has 2 aliphatic heterocycles. The summed E-state index contributed by atoms with van der Waals surface area (Å²) in [6.45, 7) is 11.6. The second-order valence-corrected chi connectivity index (χ2v) is 17.1. The van der Waals surface area contributed by atoms with Crippen LogP contribution < -0.4 is 5.32 Å². The zero-order valence-corrected chi connectivity index (χ0v) is 38.2. The van der Waals surface area contributed by atoms with E-state index >= 15 is 0 Å². The van der Waals surface area contributed by atoms with Gasteiger partial charge in [0.15, 0.2) is 0 Å². The lowest BCUT2D eigenvalue weighted by molar-refractivity contribution is -0.137. The van der Waals surface area contributed by atoms with E-state index in [9.17, 15) is 14.4 Å². The Morgan fingerprint density at radius 2 is 1.34 bits per heavy atom. The van der Waals surface area contributed by atoms with Crippen LogP contribution in [0.1, 0.15) is 108 Å². The second-order valence-electron chi connectivity index (χ2n) is 17.1. The molecule has 15 heteroatoms. The number of hydrogen-bond acceptors (Lipinski definition) is 6. The molecule has 0 radical (unpaired) electrons. The SMILES string of the molecule is COC(=O)N[C@H](C(=O)N1CC2(CC2)C[C@H]1c1nc2ccc(C#Cc3ccc(-c4cnc([C@@H]5CC6(CC6)CN5C(=O)[C@@H](C)C(C)C)[nH]4)cc3)cc2[nH]1)C(C)C.S.S.S.S. The van der Waals surface area contributed by atoms with Gasteiger partial charge in [0, 0.05) is 30.1 Å². The summed E-state index contributed by atoms with van der Waals surface area (Å²) in [6.07, 6.45) is 7.66. The highest BCUT2D eigenvalue weighted by Crippen LogP contribution is 2.59. The number of H-pyrrole nitrogens is 2. The number of alkyl carbamates (subject to hydrolysis) is 1. The van der Waals surface area contributed by atoms with Crippen molar-refractivity contribution in [3.63, 3.8) is 0 Å². The minimum absolute atomic E-state index is 0. The molecule has 4 fully saturated rings. The molecule has 2 aromatic carbocycles. The van der Waals surface area contributed by atoms with Gasteiger partial charge >= 0.3 is 6.09 Å². The summed E-state index contributed by atoms with van der Waals surface area (Å²) in [6, 6.07) is 13.2. The maximum atomic E-state index is 13.9. The average Bonchev–Trinajstić information content (AvgIpc) is 3.78. The number of methoxy groups -OCH3 is 1. The molecule has 2 spiro atoms. The number of aromatic nitrogens is 4. The Balaban J connectivity index is 0.00000186. The van der Waals surface area contributed by atoms with E-state index in [-0.39, 0.29) is 101 Å². The fraction of sp³-hybridized carbons (Fsp3) is 0.512. The van der Waals surface area contributed by atoms with Crippen LogP contribution in [0.3, 0.4) is 0 Å². The van der Waals surface area contributed by atoms with Gasteiger partial charge in [-0.2, -0.15) is 54.0 Å². The van der Waals surface area contributed by atoms with Crippen molar-refractivity contribution in [3.05, 3.63) is 71.4 Å². The van der Waals surface area contributed by atoms with E-state index in [1.165, 1.54) is 20.0 Å². The number of hydrogen-bond donors (Lipinski definition) is 3. The minimum Gasteiger partial charge on any atom is -0.453 e. The van der Waals surface area contributed by atoms with Gasteiger partial charge in [-0.05, 0) is 97.1 Å². The molecular weight excluding hydrogens is 807 g/mol. The molecule has 4 atom stereocenters. The molecule has 2 aliphatic carbocycles. The van der Waals surface area contributed by atoms with Gasteiger partial charge in [-0.1, -0.05) is 58.6 Å². The third-order valence-electron chi connectivity index (χ3n) is 12.6. The molecule has 4 aliphatic rings. The van der Waals surface area contributed by atoms with Crippen LogP contribution in [0.25, 0.3) is 22.3 Å². The maximum Gasteiger partial charge on any atom is 0.407 e. The van der Waals surface area contributed by atoms with Crippen molar-refractivity contribution in [1.82, 2.24) is 35.1 Å². The van der Waals surface area contributed by atoms with Crippen LogP contribution in [0.2, 0.25) is 0 Å². The van der Waals surface area contributed by atoms with Gasteiger partial charge in [0.05, 0.1) is 42.1 Å². The highest BCUT2D eigenvalue weighted by molar-refractivity contribution is 7.59. The van der Waals surface area contributed by atoms with E-state index < -0.39 is 12.1 Å². The summed E-state index contributed by atoms with van der Waals surface area (Å²) in [5.74, 6) is 8.55. The van der Waals surface area contributed by atoms with Crippen LogP contribution >= 0.6 is 54.0 Å². The Bertz CT molecular complexity index is 2170. The molecule has 0 unspecified atom stereocenters. The van der Waals surface area contributed by atoms with Crippen molar-refractivity contribution < 1.29 is 19.1 Å². The highest BCUT2D eigenvalue weighted by Gasteiger charge is 2.56. The Morgan fingerprint density at radius 3 is 1.91 bits per heavy atom. The van der Waals surface area contributed by atoms with E-state index in [1.807, 2.05) is 62.2 Å². The normalized spacial score (nSPS) is 20.3. The maximum absolute atomic E-state index is 13.9. The molecular formula is C43H59N7O4S4. The van der Waals surface area contributed by atoms with Gasteiger partial charge in [0.1, 0.15) is 17.7 Å². The fourth-order valence-electron chi connectivity index (χ4n) is 8.36. The lowest BCUT2D eigenvalue weighted by Crippen LogP contribution is -2.51. The van der Waals surface area contributed by atoms with Crippen molar-refractivity contribution in [2.75, 3.05) is 20.2 Å². The first-order valence-electron chi connectivity index (χ1n) is 19.5. The van der Waals surface area contributed by atoms with Crippen molar-refractivity contribution in [3.8, 4) is 23.1 Å². The van der Waals surface area contributed by atoms with Crippen LogP contribution in [0.5, 0.6) is 0 Å². The van der Waals surface area contributed by atoms with E-state index in [0.717, 1.165) is 77.3 Å². The Labute approximate surface area is 369 Å². The number of nitrogens with zero attached hydrogens (tertiary/aromatic N) is 4. The average molecular weight is 866 g/mol. The first-order chi connectivity index (χ1) is 25.9. The number of benzene rings is 2. The summed E-state index contributed by atoms with van der Waals surface area (Å²) < 4.78 is 4.81. The summed E-state index contributed by atoms with van der Waals surface area (Å²) in [5, 5.41) is 2.75. The zero-order chi connectivity index (χ0) is 37.9. The van der Waals surface area contributed by atoms with Crippen LogP contribution in [-0.2, 0) is 14.3 Å². The van der Waals surface area contributed by atoms with Gasteiger partial charge in [-0.15, -0.1) is 0 Å². The summed E-state index contributed by atoms with van der Waals surface area (Å²) >= 11 is 0. The number of carbonyl (C=O) groups is 3. The number of amides is 3. The Morgan fingerprint density at radius 1 is 0.776 bits per heavy atom. The highest BCUT2D eigenvalue weighted by atomic mass is 32.1. The van der Waals surface area contributed by atoms with Crippen molar-refractivity contribution in [2.45, 2.75) is 91.3 Å². The van der Waals surface area contributed by atoms with Gasteiger partial charge < -0.3 is 29.8 Å². The smallest absolute Gasteiger partial charge is 0.407 e. The van der Waals surface area contributed by atoms with Crippen molar-refractivity contribution in [1.29, 1.82) is 0 Å². The molecule has 2 saturated carbocycles. The Hall–Kier alpha value is -3.71. The van der Waals surface area contributed by atoms with Gasteiger partial charge in [0.2, 0.25) is 11.8 Å². The van der Waals surface area contributed by atoms with Crippen molar-refractivity contribution in [2.24, 2.45) is 28.6 Å². The molecule has 4 heterocycles. The van der Waals surface area contributed by atoms with Crippen LogP contribution in [0.15, 0.2) is 48.7 Å². The van der Waals surface area contributed by atoms with Gasteiger partial charge in [-0.25, -0.2) is 14.8 Å². The van der Waals surface area contributed by atoms with Gasteiger partial charge in [-0.3, -0.25) is 9.59 Å². The summed E-state index contributed by atoms with van der Waals surface area (Å²) in [4.78, 5) is 60.1. The predicted molar refractivity (Wildman–Crippen MR) is 247 cm³/mol. The van der Waals surface area contributed by atoms with Gasteiger partial charge in [0.25, 0.3) is 0 Å². The number of rotatable bonds is 8. The molecule has 2 aromatic heterocycles. The lowest BCUT2D eigenvalue weighted by atomic mass is 9.96. The number of fused-ring (bicyclic) bond motifs is 1. The molecule has 11 nitrogen and oxygen atoms in total. The molecule has 2 saturated heterocycles. The number of likely N-dealkylation sites (tertiary alicyclic amines) is 2. The quantitative estimate of drug-likeness (QED) is 0.156. The minimum atomic E-state index is -0.681. The van der Waals surface area contributed by atoms with Crippen LogP contribution in [0.4, 0.5) is 4.79 Å². The fourth-order valence-corrected chi connectivity index (χ4v) is 8.36. The third-order valence-corrected chi connectivity index (χ3v) is 12.6. The van der Waals surface area contributed by atoms with E-state index in [1.54, 1.807) is 0 Å². The summed E-state index contributed by atoms with van der Waals surface area (Å²) in [7, 11) is 1.31. The first kappa shape index (κ1) is 47.0. The van der Waals surface area contributed by atoms with Crippen LogP contribution in [0, 0.1) is 40.4 Å². The van der Waals surface area contributed by atoms with Crippen LogP contribution in [-0.4, -0.2) is 73.9 Å². The zero-order valence-electron chi connectivity index (χ0n) is 34.2. The monoisotopic (exact) mass is 865 g/mol. The molecule has 4 aromatic rings. The van der Waals surface area contributed by atoms with E-state index in [2.05, 4.69) is 58.0 Å². The molecule has 58 heavy (non-hydrogen) atoms. The number of carbonyl (C=O) groups excluding carboxylic acids is 3. The third kappa shape index (κ3) is 9.35. The Kier molecular flexibility index (Phi) is 14.8. The van der Waals surface area contributed by atoms with E-state index in [4.69, 9.17) is 14.7 Å².